The van der Waals surface area contributed by atoms with Crippen molar-refractivity contribution in [2.75, 3.05) is 160 Å². The number of nitrogens with two attached hydrogens (primary N) is 5. The molecule has 5 saturated heterocycles. The van der Waals surface area contributed by atoms with Crippen molar-refractivity contribution in [2.24, 2.45) is 55.7 Å². The van der Waals surface area contributed by atoms with Crippen LogP contribution in [0.15, 0.2) is 146 Å². The Morgan fingerprint density at radius 1 is 0.397 bits per heavy atom. The van der Waals surface area contributed by atoms with E-state index in [4.69, 9.17) is 42.9 Å². The Morgan fingerprint density at radius 2 is 0.707 bits per heavy atom. The van der Waals surface area contributed by atoms with Gasteiger partial charge in [0.1, 0.15) is 12.1 Å². The number of amides is 5. The molecule has 644 valence electrons. The maximum Gasteiger partial charge on any atom is 0.410 e. The van der Waals surface area contributed by atoms with Crippen molar-refractivity contribution in [3.63, 3.8) is 0 Å². The molecule has 5 aliphatic heterocycles. The van der Waals surface area contributed by atoms with Gasteiger partial charge in [-0.05, 0) is 249 Å². The van der Waals surface area contributed by atoms with Crippen LogP contribution in [-0.2, 0) is 70.2 Å². The van der Waals surface area contributed by atoms with Gasteiger partial charge in [0.15, 0.2) is 0 Å². The lowest BCUT2D eigenvalue weighted by molar-refractivity contribution is -0.897. The van der Waals surface area contributed by atoms with Gasteiger partial charge in [-0.15, -0.1) is 0 Å². The number of carbonyl (C=O) groups is 7. The number of hydrogen-bond donors (Lipinski definition) is 7. The third-order valence-corrected chi connectivity index (χ3v) is 24.8. The highest BCUT2D eigenvalue weighted by Crippen LogP contribution is 2.40. The van der Waals surface area contributed by atoms with Crippen molar-refractivity contribution < 1.29 is 85.7 Å². The maximum atomic E-state index is 12.2. The minimum atomic E-state index is -0.476. The molecule has 0 aliphatic carbocycles. The molecule has 0 atom stereocenters. The fourth-order valence-electron chi connectivity index (χ4n) is 15.8. The number of quaternary nitrogens is 1. The molecule has 5 aromatic carbocycles. The predicted molar refractivity (Wildman–Crippen MR) is 455 cm³/mol. The Balaban J connectivity index is 0.000000260. The smallest absolute Gasteiger partial charge is 0.410 e. The van der Waals surface area contributed by atoms with Gasteiger partial charge in [-0.1, -0.05) is 133 Å². The number of likely N-dealkylation sites (tertiary alicyclic amines) is 5. The summed E-state index contributed by atoms with van der Waals surface area (Å²) in [5, 5.41) is 5.36. The van der Waals surface area contributed by atoms with Crippen LogP contribution in [0.5, 0.6) is 0 Å². The van der Waals surface area contributed by atoms with Gasteiger partial charge in [0.2, 0.25) is 0 Å². The Morgan fingerprint density at radius 3 is 1.03 bits per heavy atom. The van der Waals surface area contributed by atoms with Crippen LogP contribution < -0.4 is 63.3 Å². The quantitative estimate of drug-likeness (QED) is 0.0107. The fraction of sp³-hybridized carbons (Fsp3) is 0.593. The Labute approximate surface area is 710 Å². The molecule has 5 aromatic rings. The van der Waals surface area contributed by atoms with Crippen LogP contribution in [0.3, 0.4) is 0 Å². The summed E-state index contributed by atoms with van der Waals surface area (Å²) in [7, 11) is 10.1. The number of esters is 4. The molecule has 0 spiro atoms. The van der Waals surface area contributed by atoms with E-state index in [2.05, 4.69) is 142 Å². The minimum Gasteiger partial charge on any atom is -1.00 e. The van der Waals surface area contributed by atoms with Crippen LogP contribution >= 0.6 is 0 Å². The molecule has 5 aliphatic rings. The molecular formula is C91H141IN12O12. The summed E-state index contributed by atoms with van der Waals surface area (Å²) in [6.07, 6.45) is 20.6. The van der Waals surface area contributed by atoms with Crippen molar-refractivity contribution in [3.05, 3.63) is 179 Å². The van der Waals surface area contributed by atoms with Crippen LogP contribution in [0.1, 0.15) is 162 Å². The highest BCUT2D eigenvalue weighted by molar-refractivity contribution is 5.89. The summed E-state index contributed by atoms with van der Waals surface area (Å²) in [6, 6.07) is 49.4. The van der Waals surface area contributed by atoms with E-state index in [1.807, 2.05) is 56.0 Å². The molecule has 0 bridgehead atoms. The number of methoxy groups -OCH3 is 4. The first kappa shape index (κ1) is 98.8. The van der Waals surface area contributed by atoms with Crippen LogP contribution in [0.25, 0.3) is 0 Å². The molecule has 5 amide bonds. The summed E-state index contributed by atoms with van der Waals surface area (Å²) < 4.78 is 25.2. The molecular weight excluding hydrogens is 1580 g/mol. The largest absolute Gasteiger partial charge is 1.00 e. The average molecular weight is 1720 g/mol. The van der Waals surface area contributed by atoms with E-state index in [1.165, 1.54) is 95.0 Å². The van der Waals surface area contributed by atoms with E-state index < -0.39 is 11.6 Å². The Bertz CT molecular complexity index is 3650. The molecule has 0 saturated carbocycles. The molecule has 5 fully saturated rings. The average Bonchev–Trinajstić information content (AvgIpc) is 0.837. The molecule has 5 heterocycles. The maximum absolute atomic E-state index is 12.2. The van der Waals surface area contributed by atoms with E-state index in [9.17, 15) is 33.6 Å². The summed E-state index contributed by atoms with van der Waals surface area (Å²) in [4.78, 5) is 89.0. The number of carbonyl (C=O) groups excluding carboxylic acids is 7. The van der Waals surface area contributed by atoms with Gasteiger partial charge in [-0.3, -0.25) is 19.3 Å². The topological polar surface area (TPSA) is 333 Å². The molecule has 0 aromatic heterocycles. The zero-order valence-corrected chi connectivity index (χ0v) is 73.5. The SMILES string of the molecule is COC(=O)CCNC(=O)N1CCC(CN)(CCc2ccccc2)CC1.COC(=O)CN1CCC(CN)(CCc2ccccc2)CC1.COC(=O)CNC(=O)N1CCC(CN)(CCc2ccccc2)CC1.COC(=O)c1ccc(CCC2(CN)CCN(C(=O)OC(C)(C)C)CC2)cc1.C[N+]1(C)CCC(CN)(CCc2ccccc2)CC1.[I-]. The molecule has 24 nitrogen and oxygen atoms in total. The molecule has 10 rings (SSSR count). The number of halogens is 1. The number of nitrogens with one attached hydrogen (secondary N) is 2. The van der Waals surface area contributed by atoms with Crippen molar-refractivity contribution in [3.8, 4) is 0 Å². The van der Waals surface area contributed by atoms with Crippen LogP contribution in [0, 0.1) is 27.1 Å². The summed E-state index contributed by atoms with van der Waals surface area (Å²) in [6.45, 7) is 18.2. The monoisotopic (exact) mass is 1720 g/mol. The first-order chi connectivity index (χ1) is 55.1. The lowest BCUT2D eigenvalue weighted by Gasteiger charge is -2.44. The molecule has 0 radical (unpaired) electrons. The second kappa shape index (κ2) is 50.2. The van der Waals surface area contributed by atoms with E-state index >= 15 is 0 Å². The normalized spacial score (nSPS) is 17.5. The highest BCUT2D eigenvalue weighted by atomic mass is 127. The molecule has 12 N–H and O–H groups in total. The van der Waals surface area contributed by atoms with Crippen LogP contribution in [0.2, 0.25) is 0 Å². The summed E-state index contributed by atoms with van der Waals surface area (Å²) in [5.41, 5.74) is 38.0. The van der Waals surface area contributed by atoms with E-state index in [0.717, 1.165) is 133 Å². The standard InChI is InChI=1S/C21H32N2O4.C19H29N3O3.C18H27N3O3.C17H26N2O2.C16H27N2.HI/c1-20(2,3)27-19(25)23-13-11-21(15-22,12-14-23)10-9-16-5-7-17(8-6-16)18(24)26-4;1-25-17(23)8-12-21-18(24)22-13-10-19(15-20,11-14-22)9-7-16-5-3-2-4-6-16;1-24-16(22)13-20-17(23)21-11-9-18(14-19,10-12-21)8-7-15-5-3-2-4-6-15;1-21-16(20)13-19-11-9-17(14-18,10-12-19)8-7-15-5-3-2-4-6-15;1-18(2)12-10-16(14-17,11-13-18)9-8-15-6-4-3-5-7-15;/h5-8H,9-15,22H2,1-4H3;2-6H,7-15,20H2,1H3,(H,21,24);2-6H,7-14,19H2,1H3,(H,20,23);2-6H,7-14,18H2,1H3;3-7H,8-14,17H2,1-2H3;1H/q;;;;+1;/p-1. The van der Waals surface area contributed by atoms with E-state index in [1.54, 1.807) is 21.9 Å². The lowest BCUT2D eigenvalue weighted by atomic mass is 9.74. The number of nitrogens with zero attached hydrogens (tertiary/aromatic N) is 5. The molecule has 116 heavy (non-hydrogen) atoms. The number of benzene rings is 5. The number of urea groups is 2. The lowest BCUT2D eigenvalue weighted by Crippen LogP contribution is -3.00. The van der Waals surface area contributed by atoms with Gasteiger partial charge in [0.05, 0.1) is 74.2 Å². The third kappa shape index (κ3) is 34.3. The molecule has 0 unspecified atom stereocenters. The zero-order chi connectivity index (χ0) is 83.8. The van der Waals surface area contributed by atoms with E-state index in [0.29, 0.717) is 83.0 Å². The number of piperidine rings is 5. The number of rotatable bonds is 28. The first-order valence-corrected chi connectivity index (χ1v) is 41.7. The van der Waals surface area contributed by atoms with E-state index in [-0.39, 0.29) is 94.7 Å². The van der Waals surface area contributed by atoms with Crippen molar-refractivity contribution in [1.82, 2.24) is 30.2 Å². The van der Waals surface area contributed by atoms with Gasteiger partial charge in [-0.2, -0.15) is 0 Å². The van der Waals surface area contributed by atoms with Crippen LogP contribution in [0.4, 0.5) is 14.4 Å². The Kier molecular flexibility index (Phi) is 42.8. The summed E-state index contributed by atoms with van der Waals surface area (Å²) in [5.74, 6) is -1.24. The van der Waals surface area contributed by atoms with Gasteiger partial charge < -0.3 is 106 Å². The second-order valence-corrected chi connectivity index (χ2v) is 34.1. The fourth-order valence-corrected chi connectivity index (χ4v) is 15.8. The number of hydrogen-bond acceptors (Lipinski definition) is 18. The zero-order valence-electron chi connectivity index (χ0n) is 71.3. The van der Waals surface area contributed by atoms with Crippen molar-refractivity contribution in [2.45, 2.75) is 161 Å². The van der Waals surface area contributed by atoms with Gasteiger partial charge in [0, 0.05) is 58.7 Å². The van der Waals surface area contributed by atoms with Gasteiger partial charge in [-0.25, -0.2) is 19.2 Å². The van der Waals surface area contributed by atoms with Gasteiger partial charge >= 0.3 is 42.0 Å². The highest BCUT2D eigenvalue weighted by Gasteiger charge is 2.41. The number of ether oxygens (including phenoxy) is 5. The van der Waals surface area contributed by atoms with Crippen molar-refractivity contribution in [1.29, 1.82) is 0 Å². The summed E-state index contributed by atoms with van der Waals surface area (Å²) >= 11 is 0. The third-order valence-electron chi connectivity index (χ3n) is 24.8. The second-order valence-electron chi connectivity index (χ2n) is 34.1. The van der Waals surface area contributed by atoms with Gasteiger partial charge in [0.25, 0.3) is 0 Å². The molecule has 25 heteroatoms. The number of aryl methyl sites for hydroxylation is 5. The Hall–Kier alpha value is -7.76. The van der Waals surface area contributed by atoms with Crippen LogP contribution in [-0.4, -0.2) is 232 Å². The first-order valence-electron chi connectivity index (χ1n) is 41.7. The van der Waals surface area contributed by atoms with Crippen molar-refractivity contribution >= 4 is 42.0 Å². The predicted octanol–water partition coefficient (Wildman–Crippen LogP) is 8.13. The minimum absolute atomic E-state index is 0.